The molecule has 0 saturated carbocycles. The topological polar surface area (TPSA) is 37.3 Å². The van der Waals surface area contributed by atoms with Gasteiger partial charge in [0.05, 0.1) is 11.1 Å². The molecule has 0 fully saturated rings. The molecule has 0 aliphatic rings. The highest BCUT2D eigenvalue weighted by Gasteiger charge is 2.31. The minimum Gasteiger partial charge on any atom is -0.478 e. The fourth-order valence-corrected chi connectivity index (χ4v) is 2.26. The monoisotopic (exact) mass is 386 g/mol. The van der Waals surface area contributed by atoms with Gasteiger partial charge in [-0.2, -0.15) is 26.3 Å². The molecule has 0 radical (unpaired) electrons. The highest BCUT2D eigenvalue weighted by molar-refractivity contribution is 5.84. The van der Waals surface area contributed by atoms with Gasteiger partial charge in [0.2, 0.25) is 0 Å². The molecule has 0 amide bonds. The summed E-state index contributed by atoms with van der Waals surface area (Å²) < 4.78 is 76.2. The van der Waals surface area contributed by atoms with Crippen molar-refractivity contribution in [1.82, 2.24) is 0 Å². The normalized spacial score (nSPS) is 12.2. The van der Waals surface area contributed by atoms with E-state index in [0.29, 0.717) is 0 Å². The zero-order valence-electron chi connectivity index (χ0n) is 13.5. The number of carbonyl (C=O) groups is 1. The summed E-state index contributed by atoms with van der Waals surface area (Å²) in [6, 6.07) is 8.04. The van der Waals surface area contributed by atoms with E-state index in [1.165, 1.54) is 30.3 Å². The molecular formula is C19H12F6O2. The molecule has 0 unspecified atom stereocenters. The number of alkyl halides is 6. The predicted molar refractivity (Wildman–Crippen MR) is 86.7 cm³/mol. The molecule has 2 nitrogen and oxygen atoms in total. The lowest BCUT2D eigenvalue weighted by molar-refractivity contribution is -0.138. The third kappa shape index (κ3) is 5.47. The van der Waals surface area contributed by atoms with Gasteiger partial charge in [-0.15, -0.1) is 0 Å². The minimum absolute atomic E-state index is 0.273. The number of hydrogen-bond donors (Lipinski definition) is 1. The largest absolute Gasteiger partial charge is 0.478 e. The van der Waals surface area contributed by atoms with Crippen LogP contribution >= 0.6 is 0 Å². The zero-order valence-corrected chi connectivity index (χ0v) is 13.5. The highest BCUT2D eigenvalue weighted by atomic mass is 19.4. The van der Waals surface area contributed by atoms with E-state index in [-0.39, 0.29) is 16.7 Å². The number of aliphatic carboxylic acids is 1. The van der Waals surface area contributed by atoms with Gasteiger partial charge >= 0.3 is 18.3 Å². The summed E-state index contributed by atoms with van der Waals surface area (Å²) >= 11 is 0. The highest BCUT2D eigenvalue weighted by Crippen LogP contribution is 2.33. The summed E-state index contributed by atoms with van der Waals surface area (Å²) in [6.45, 7) is 0. The van der Waals surface area contributed by atoms with E-state index in [0.717, 1.165) is 36.4 Å². The molecule has 0 atom stereocenters. The summed E-state index contributed by atoms with van der Waals surface area (Å²) in [5.41, 5.74) is -0.899. The Balaban J connectivity index is 2.47. The first-order valence-electron chi connectivity index (χ1n) is 7.45. The van der Waals surface area contributed by atoms with Crippen molar-refractivity contribution in [3.63, 3.8) is 0 Å². The van der Waals surface area contributed by atoms with E-state index in [4.69, 9.17) is 5.11 Å². The SMILES string of the molecule is O=C(O)C=CC=C(c1ccc(C(F)(F)F)cc1)c1ccc(C(F)(F)F)cc1. The third-order valence-corrected chi connectivity index (χ3v) is 3.55. The van der Waals surface area contributed by atoms with Crippen LogP contribution in [0.5, 0.6) is 0 Å². The summed E-state index contributed by atoms with van der Waals surface area (Å²) in [5, 5.41) is 8.65. The molecule has 0 aliphatic carbocycles. The van der Waals surface area contributed by atoms with E-state index in [9.17, 15) is 31.1 Å². The standard InChI is InChI=1S/C19H12F6O2/c20-18(21,22)14-8-4-12(5-9-14)16(2-1-3-17(26)27)13-6-10-15(11-7-13)19(23,24)25/h1-11H,(H,26,27). The van der Waals surface area contributed by atoms with Crippen molar-refractivity contribution in [2.45, 2.75) is 12.4 Å². The van der Waals surface area contributed by atoms with Gasteiger partial charge < -0.3 is 5.11 Å². The quantitative estimate of drug-likeness (QED) is 0.410. The molecule has 2 rings (SSSR count). The number of carboxylic acids is 1. The predicted octanol–water partition coefficient (Wildman–Crippen LogP) is 5.80. The van der Waals surface area contributed by atoms with E-state index >= 15 is 0 Å². The van der Waals surface area contributed by atoms with Gasteiger partial charge in [0, 0.05) is 6.08 Å². The minimum atomic E-state index is -4.53. The van der Waals surface area contributed by atoms with Gasteiger partial charge in [0.1, 0.15) is 0 Å². The summed E-state index contributed by atoms with van der Waals surface area (Å²) in [7, 11) is 0. The molecule has 0 aliphatic heterocycles. The number of carboxylic acid groups (broad SMARTS) is 1. The molecule has 0 spiro atoms. The van der Waals surface area contributed by atoms with Crippen molar-refractivity contribution in [2.24, 2.45) is 0 Å². The van der Waals surface area contributed by atoms with E-state index in [1.54, 1.807) is 0 Å². The average molecular weight is 386 g/mol. The molecule has 2 aromatic carbocycles. The Hall–Kier alpha value is -3.03. The van der Waals surface area contributed by atoms with Crippen molar-refractivity contribution in [2.75, 3.05) is 0 Å². The maximum absolute atomic E-state index is 12.7. The van der Waals surface area contributed by atoms with Crippen molar-refractivity contribution in [3.05, 3.63) is 89.0 Å². The van der Waals surface area contributed by atoms with Crippen molar-refractivity contribution in [3.8, 4) is 0 Å². The Kier molecular flexibility index (Phi) is 5.78. The second-order valence-corrected chi connectivity index (χ2v) is 5.43. The lowest BCUT2D eigenvalue weighted by Crippen LogP contribution is -2.05. The summed E-state index contributed by atoms with van der Waals surface area (Å²) in [6.07, 6.45) is -5.81. The van der Waals surface area contributed by atoms with Crippen LogP contribution in [0.25, 0.3) is 5.57 Å². The molecule has 0 saturated heterocycles. The van der Waals surface area contributed by atoms with Crippen LogP contribution in [0, 0.1) is 0 Å². The average Bonchev–Trinajstić information content (AvgIpc) is 2.57. The van der Waals surface area contributed by atoms with Crippen LogP contribution in [0.4, 0.5) is 26.3 Å². The molecule has 2 aromatic rings. The Morgan fingerprint density at radius 1 is 0.741 bits per heavy atom. The second kappa shape index (κ2) is 7.69. The number of hydrogen-bond acceptors (Lipinski definition) is 1. The van der Waals surface area contributed by atoms with Crippen LogP contribution in [-0.4, -0.2) is 11.1 Å². The molecule has 8 heteroatoms. The maximum Gasteiger partial charge on any atom is 0.416 e. The van der Waals surface area contributed by atoms with Gasteiger partial charge in [-0.3, -0.25) is 0 Å². The number of benzene rings is 2. The number of rotatable bonds is 4. The van der Waals surface area contributed by atoms with Crippen LogP contribution in [0.1, 0.15) is 22.3 Å². The van der Waals surface area contributed by atoms with Crippen LogP contribution in [0.2, 0.25) is 0 Å². The molecule has 0 heterocycles. The molecule has 0 aromatic heterocycles. The summed E-state index contributed by atoms with van der Waals surface area (Å²) in [4.78, 5) is 10.6. The second-order valence-electron chi connectivity index (χ2n) is 5.43. The van der Waals surface area contributed by atoms with Crippen LogP contribution in [0.15, 0.2) is 66.8 Å². The Labute approximate surface area is 150 Å². The van der Waals surface area contributed by atoms with E-state index in [1.807, 2.05) is 0 Å². The van der Waals surface area contributed by atoms with Gasteiger partial charge in [-0.05, 0) is 41.0 Å². The first kappa shape index (κ1) is 20.3. The molecule has 142 valence electrons. The van der Waals surface area contributed by atoms with Gasteiger partial charge in [0.15, 0.2) is 0 Å². The Morgan fingerprint density at radius 3 is 1.41 bits per heavy atom. The van der Waals surface area contributed by atoms with E-state index < -0.39 is 29.4 Å². The van der Waals surface area contributed by atoms with Gasteiger partial charge in [0.25, 0.3) is 0 Å². The van der Waals surface area contributed by atoms with Crippen molar-refractivity contribution >= 4 is 11.5 Å². The lowest BCUT2D eigenvalue weighted by Gasteiger charge is -2.12. The molecule has 27 heavy (non-hydrogen) atoms. The lowest BCUT2D eigenvalue weighted by atomic mass is 9.95. The number of halogens is 6. The Morgan fingerprint density at radius 2 is 1.11 bits per heavy atom. The fourth-order valence-electron chi connectivity index (χ4n) is 2.26. The first-order chi connectivity index (χ1) is 12.5. The fraction of sp³-hybridized carbons (Fsp3) is 0.105. The zero-order chi connectivity index (χ0) is 20.2. The van der Waals surface area contributed by atoms with E-state index in [2.05, 4.69) is 0 Å². The third-order valence-electron chi connectivity index (χ3n) is 3.55. The maximum atomic E-state index is 12.7. The van der Waals surface area contributed by atoms with Crippen LogP contribution < -0.4 is 0 Å². The number of allylic oxidation sites excluding steroid dienone is 2. The van der Waals surface area contributed by atoms with Gasteiger partial charge in [-0.25, -0.2) is 4.79 Å². The first-order valence-corrected chi connectivity index (χ1v) is 7.45. The molecule has 1 N–H and O–H groups in total. The summed E-state index contributed by atoms with van der Waals surface area (Å²) in [5.74, 6) is -1.24. The van der Waals surface area contributed by atoms with Gasteiger partial charge in [-0.1, -0.05) is 36.4 Å². The smallest absolute Gasteiger partial charge is 0.416 e. The van der Waals surface area contributed by atoms with Crippen molar-refractivity contribution < 1.29 is 36.2 Å². The molecule has 0 bridgehead atoms. The Bertz CT molecular complexity index is 798. The van der Waals surface area contributed by atoms with Crippen molar-refractivity contribution in [1.29, 1.82) is 0 Å². The van der Waals surface area contributed by atoms with Crippen LogP contribution in [-0.2, 0) is 17.1 Å². The molecular weight excluding hydrogens is 374 g/mol. The van der Waals surface area contributed by atoms with Crippen LogP contribution in [0.3, 0.4) is 0 Å².